The monoisotopic (exact) mass is 353 g/mol. The van der Waals surface area contributed by atoms with E-state index < -0.39 is 5.97 Å². The lowest BCUT2D eigenvalue weighted by atomic mass is 10.0. The molecule has 0 amide bonds. The van der Waals surface area contributed by atoms with Crippen molar-refractivity contribution in [1.29, 1.82) is 0 Å². The van der Waals surface area contributed by atoms with Gasteiger partial charge in [-0.05, 0) is 24.1 Å². The van der Waals surface area contributed by atoms with E-state index in [1.165, 1.54) is 4.57 Å². The molecule has 0 saturated carbocycles. The van der Waals surface area contributed by atoms with Crippen LogP contribution in [0.15, 0.2) is 43.0 Å². The van der Waals surface area contributed by atoms with Crippen molar-refractivity contribution in [3.63, 3.8) is 0 Å². The summed E-state index contributed by atoms with van der Waals surface area (Å²) in [5.74, 6) is -0.374. The molecule has 1 aromatic carbocycles. The summed E-state index contributed by atoms with van der Waals surface area (Å²) >= 11 is 0. The number of aromatic nitrogens is 1. The van der Waals surface area contributed by atoms with E-state index in [9.17, 15) is 15.0 Å². The van der Waals surface area contributed by atoms with Crippen LogP contribution in [0.4, 0.5) is 0 Å². The van der Waals surface area contributed by atoms with E-state index in [2.05, 4.69) is 6.58 Å². The Kier molecular flexibility index (Phi) is 4.05. The molecular formula is C20H19NO5. The van der Waals surface area contributed by atoms with Crippen LogP contribution in [0.5, 0.6) is 11.8 Å². The summed E-state index contributed by atoms with van der Waals surface area (Å²) in [7, 11) is 0. The predicted octanol–water partition coefficient (Wildman–Crippen LogP) is 3.47. The summed E-state index contributed by atoms with van der Waals surface area (Å²) in [6.45, 7) is 4.20. The molecule has 2 unspecified atom stereocenters. The Balaban J connectivity index is 1.34. The molecule has 2 aliphatic rings. The molecule has 2 aliphatic heterocycles. The van der Waals surface area contributed by atoms with Crippen LogP contribution in [0.3, 0.4) is 0 Å². The van der Waals surface area contributed by atoms with Crippen molar-refractivity contribution in [1.82, 2.24) is 4.57 Å². The standard InChI is InChI=1S/C20H19NO5/c1-2-12-4-6-13(7-5-12)20(24)25-11-3-10-21-18(22)16-14-8-9-15(26-14)17(16)19(21)23/h2,4-9,14-15,22-23H,1,3,10-11H2. The Bertz CT molecular complexity index is 858. The van der Waals surface area contributed by atoms with Crippen molar-refractivity contribution in [3.8, 4) is 11.8 Å². The lowest BCUT2D eigenvalue weighted by molar-refractivity contribution is 0.0495. The maximum atomic E-state index is 12.0. The van der Waals surface area contributed by atoms with E-state index in [1.54, 1.807) is 30.3 Å². The second-order valence-electron chi connectivity index (χ2n) is 6.30. The highest BCUT2D eigenvalue weighted by Crippen LogP contribution is 2.54. The summed E-state index contributed by atoms with van der Waals surface area (Å²) in [4.78, 5) is 12.0. The second-order valence-corrected chi connectivity index (χ2v) is 6.30. The Morgan fingerprint density at radius 2 is 1.77 bits per heavy atom. The zero-order valence-corrected chi connectivity index (χ0v) is 14.1. The number of hydrogen-bond acceptors (Lipinski definition) is 5. The molecular weight excluding hydrogens is 334 g/mol. The molecule has 2 N–H and O–H groups in total. The molecule has 0 spiro atoms. The molecule has 2 aromatic rings. The Morgan fingerprint density at radius 3 is 2.35 bits per heavy atom. The van der Waals surface area contributed by atoms with Crippen molar-refractivity contribution < 1.29 is 24.5 Å². The van der Waals surface area contributed by atoms with Gasteiger partial charge in [-0.15, -0.1) is 0 Å². The Hall–Kier alpha value is -2.99. The lowest BCUT2D eigenvalue weighted by Gasteiger charge is -2.10. The highest BCUT2D eigenvalue weighted by molar-refractivity contribution is 5.89. The van der Waals surface area contributed by atoms with E-state index in [1.807, 2.05) is 12.2 Å². The minimum atomic E-state index is -0.403. The molecule has 6 heteroatoms. The van der Waals surface area contributed by atoms with Crippen LogP contribution in [0.1, 0.15) is 45.7 Å². The van der Waals surface area contributed by atoms with E-state index in [-0.39, 0.29) is 30.6 Å². The fourth-order valence-electron chi connectivity index (χ4n) is 3.41. The summed E-state index contributed by atoms with van der Waals surface area (Å²) in [5.41, 5.74) is 2.67. The fraction of sp³-hybridized carbons (Fsp3) is 0.250. The summed E-state index contributed by atoms with van der Waals surface area (Å²) < 4.78 is 12.3. The van der Waals surface area contributed by atoms with Crippen LogP contribution in [0.2, 0.25) is 0 Å². The smallest absolute Gasteiger partial charge is 0.338 e. The highest BCUT2D eigenvalue weighted by Gasteiger charge is 2.42. The quantitative estimate of drug-likeness (QED) is 0.472. The number of aromatic hydroxyl groups is 2. The van der Waals surface area contributed by atoms with E-state index in [0.717, 1.165) is 5.56 Å². The molecule has 3 heterocycles. The first-order valence-corrected chi connectivity index (χ1v) is 8.47. The first-order valence-electron chi connectivity index (χ1n) is 8.47. The number of rotatable bonds is 6. The van der Waals surface area contributed by atoms with E-state index in [4.69, 9.17) is 9.47 Å². The molecule has 0 radical (unpaired) electrons. The number of carbonyl (C=O) groups is 1. The molecule has 26 heavy (non-hydrogen) atoms. The van der Waals surface area contributed by atoms with E-state index >= 15 is 0 Å². The summed E-state index contributed by atoms with van der Waals surface area (Å²) in [6, 6.07) is 6.98. The number of benzene rings is 1. The molecule has 4 rings (SSSR count). The third kappa shape index (κ3) is 2.59. The minimum Gasteiger partial charge on any atom is -0.494 e. The zero-order valence-electron chi connectivity index (χ0n) is 14.1. The number of fused-ring (bicyclic) bond motifs is 5. The normalized spacial score (nSPS) is 19.5. The van der Waals surface area contributed by atoms with Crippen LogP contribution < -0.4 is 0 Å². The van der Waals surface area contributed by atoms with Gasteiger partial charge in [0.15, 0.2) is 0 Å². The van der Waals surface area contributed by atoms with Crippen LogP contribution in [0, 0.1) is 0 Å². The fourth-order valence-corrected chi connectivity index (χ4v) is 3.41. The number of esters is 1. The van der Waals surface area contributed by atoms with Gasteiger partial charge in [0.1, 0.15) is 12.2 Å². The maximum Gasteiger partial charge on any atom is 0.338 e. The topological polar surface area (TPSA) is 80.9 Å². The van der Waals surface area contributed by atoms with Gasteiger partial charge >= 0.3 is 5.97 Å². The SMILES string of the molecule is C=Cc1ccc(C(=O)OCCCn2c(O)c3c(c2O)C2C=CC3O2)cc1. The number of hydrogen-bond donors (Lipinski definition) is 2. The number of nitrogens with zero attached hydrogens (tertiary/aromatic N) is 1. The van der Waals surface area contributed by atoms with Gasteiger partial charge in [-0.3, -0.25) is 4.57 Å². The van der Waals surface area contributed by atoms with Crippen LogP contribution in [-0.4, -0.2) is 27.4 Å². The molecule has 2 atom stereocenters. The van der Waals surface area contributed by atoms with Crippen LogP contribution in [0.25, 0.3) is 6.08 Å². The Labute approximate surface area is 150 Å². The molecule has 0 aliphatic carbocycles. The molecule has 0 fully saturated rings. The molecule has 0 saturated heterocycles. The minimum absolute atomic E-state index is 0.0145. The van der Waals surface area contributed by atoms with Crippen molar-refractivity contribution in [2.24, 2.45) is 0 Å². The lowest BCUT2D eigenvalue weighted by Crippen LogP contribution is -2.09. The third-order valence-electron chi connectivity index (χ3n) is 4.75. The van der Waals surface area contributed by atoms with Gasteiger partial charge in [0.25, 0.3) is 0 Å². The number of ether oxygens (including phenoxy) is 2. The first-order chi connectivity index (χ1) is 12.6. The van der Waals surface area contributed by atoms with Crippen molar-refractivity contribution >= 4 is 12.0 Å². The number of carbonyl (C=O) groups excluding carboxylic acids is 1. The molecule has 2 bridgehead atoms. The van der Waals surface area contributed by atoms with Crippen molar-refractivity contribution in [2.75, 3.05) is 6.61 Å². The molecule has 6 nitrogen and oxygen atoms in total. The van der Waals surface area contributed by atoms with Crippen molar-refractivity contribution in [2.45, 2.75) is 25.2 Å². The first kappa shape index (κ1) is 16.5. The average molecular weight is 353 g/mol. The van der Waals surface area contributed by atoms with Gasteiger partial charge in [-0.1, -0.05) is 36.9 Å². The molecule has 134 valence electrons. The third-order valence-corrected chi connectivity index (χ3v) is 4.75. The van der Waals surface area contributed by atoms with Gasteiger partial charge in [-0.2, -0.15) is 0 Å². The Morgan fingerprint density at radius 1 is 1.15 bits per heavy atom. The predicted molar refractivity (Wildman–Crippen MR) is 94.9 cm³/mol. The van der Waals surface area contributed by atoms with Crippen LogP contribution >= 0.6 is 0 Å². The van der Waals surface area contributed by atoms with Gasteiger partial charge < -0.3 is 19.7 Å². The highest BCUT2D eigenvalue weighted by atomic mass is 16.5. The average Bonchev–Trinajstić information content (AvgIpc) is 3.34. The maximum absolute atomic E-state index is 12.0. The van der Waals surface area contributed by atoms with Gasteiger partial charge in [0.2, 0.25) is 11.8 Å². The second kappa shape index (κ2) is 6.38. The van der Waals surface area contributed by atoms with Gasteiger partial charge in [0, 0.05) is 6.54 Å². The summed E-state index contributed by atoms with van der Waals surface area (Å²) in [5, 5.41) is 20.7. The van der Waals surface area contributed by atoms with Crippen LogP contribution in [-0.2, 0) is 16.0 Å². The summed E-state index contributed by atoms with van der Waals surface area (Å²) in [6.07, 6.45) is 5.33. The van der Waals surface area contributed by atoms with Gasteiger partial charge in [-0.25, -0.2) is 4.79 Å². The largest absolute Gasteiger partial charge is 0.494 e. The van der Waals surface area contributed by atoms with Crippen molar-refractivity contribution in [3.05, 3.63) is 65.3 Å². The zero-order chi connectivity index (χ0) is 18.3. The van der Waals surface area contributed by atoms with E-state index in [0.29, 0.717) is 29.7 Å². The van der Waals surface area contributed by atoms with Gasteiger partial charge in [0.05, 0.1) is 23.3 Å². The molecule has 1 aromatic heterocycles.